The number of hydrogen-bond donors (Lipinski definition) is 2. The van der Waals surface area contributed by atoms with Gasteiger partial charge < -0.3 is 34.4 Å². The van der Waals surface area contributed by atoms with Crippen molar-refractivity contribution < 1.29 is 42.9 Å². The lowest BCUT2D eigenvalue weighted by molar-refractivity contribution is -0.147. The molecule has 2 heterocycles. The maximum atomic E-state index is 14.8. The maximum absolute atomic E-state index is 14.8. The lowest BCUT2D eigenvalue weighted by atomic mass is 9.82. The van der Waals surface area contributed by atoms with E-state index in [1.807, 2.05) is 50.2 Å². The van der Waals surface area contributed by atoms with Crippen LogP contribution in [-0.4, -0.2) is 89.7 Å². The number of carbonyl (C=O) groups excluding carboxylic acids is 3. The van der Waals surface area contributed by atoms with Crippen molar-refractivity contribution in [3.05, 3.63) is 99.3 Å². The highest BCUT2D eigenvalue weighted by molar-refractivity contribution is 6.32. The number of ether oxygens (including phenoxy) is 3. The number of rotatable bonds is 16. The van der Waals surface area contributed by atoms with Crippen LogP contribution < -0.4 is 14.8 Å². The number of halogens is 2. The fourth-order valence-electron chi connectivity index (χ4n) is 6.98. The number of carbonyl (C=O) groups is 4. The van der Waals surface area contributed by atoms with Crippen LogP contribution in [0.15, 0.2) is 66.2 Å². The Morgan fingerprint density at radius 3 is 2.43 bits per heavy atom. The third-order valence-corrected chi connectivity index (χ3v) is 10.2. The highest BCUT2D eigenvalue weighted by Gasteiger charge is 2.43. The topological polar surface area (TPSA) is 135 Å². The van der Waals surface area contributed by atoms with Crippen molar-refractivity contribution in [1.29, 1.82) is 0 Å². The van der Waals surface area contributed by atoms with Crippen LogP contribution in [0.1, 0.15) is 54.4 Å². The molecule has 2 bridgehead atoms. The molecule has 3 aromatic carbocycles. The molecule has 6 rings (SSSR count). The van der Waals surface area contributed by atoms with Gasteiger partial charge in [0, 0.05) is 42.9 Å². The molecule has 2 amide bonds. The fraction of sp³-hybridized carbons (Fsp3) is 0.400. The van der Waals surface area contributed by atoms with Gasteiger partial charge in [0.25, 0.3) is 12.4 Å². The molecule has 3 atom stereocenters. The molecule has 1 aliphatic carbocycles. The van der Waals surface area contributed by atoms with Gasteiger partial charge in [0.15, 0.2) is 0 Å². The summed E-state index contributed by atoms with van der Waals surface area (Å²) in [6.07, 6.45) is 0.131. The lowest BCUT2D eigenvalue weighted by Crippen LogP contribution is -2.62. The molecule has 1 saturated heterocycles. The van der Waals surface area contributed by atoms with Crippen LogP contribution in [0.4, 0.5) is 4.39 Å². The summed E-state index contributed by atoms with van der Waals surface area (Å²) < 4.78 is 31.6. The quantitative estimate of drug-likeness (QED) is 0.144. The van der Waals surface area contributed by atoms with Gasteiger partial charge in [-0.3, -0.25) is 19.2 Å². The minimum absolute atomic E-state index is 0.0381. The first-order valence-electron chi connectivity index (χ1n) is 17.8. The average molecular weight is 748 g/mol. The first kappa shape index (κ1) is 37.8. The Labute approximate surface area is 312 Å². The van der Waals surface area contributed by atoms with Crippen LogP contribution >= 0.6 is 11.6 Å². The lowest BCUT2D eigenvalue weighted by Gasteiger charge is -2.45. The van der Waals surface area contributed by atoms with Gasteiger partial charge >= 0.3 is 5.97 Å². The fourth-order valence-corrected chi connectivity index (χ4v) is 7.26. The summed E-state index contributed by atoms with van der Waals surface area (Å²) >= 11 is 6.34. The van der Waals surface area contributed by atoms with Crippen LogP contribution in [0.25, 0.3) is 5.57 Å². The monoisotopic (exact) mass is 747 g/mol. The molecule has 11 nitrogen and oxygen atoms in total. The molecule has 0 unspecified atom stereocenters. The number of benzene rings is 3. The Morgan fingerprint density at radius 2 is 1.74 bits per heavy atom. The Bertz CT molecular complexity index is 1880. The van der Waals surface area contributed by atoms with Crippen molar-refractivity contribution in [1.82, 2.24) is 15.1 Å². The number of fused-ring (bicyclic) bond motifs is 2. The first-order valence-corrected chi connectivity index (χ1v) is 18.1. The van der Waals surface area contributed by atoms with Crippen molar-refractivity contribution in [2.75, 3.05) is 26.3 Å². The predicted octanol–water partition coefficient (Wildman–Crippen LogP) is 5.48. The van der Waals surface area contributed by atoms with E-state index >= 15 is 0 Å². The molecule has 0 radical (unpaired) electrons. The number of hydrogen-bond acceptors (Lipinski definition) is 8. The zero-order valence-electron chi connectivity index (χ0n) is 29.7. The minimum Gasteiger partial charge on any atom is -0.490 e. The molecule has 2 N–H and O–H groups in total. The number of aryl methyl sites for hydroxylation is 2. The highest BCUT2D eigenvalue weighted by Crippen LogP contribution is 2.38. The zero-order valence-corrected chi connectivity index (χ0v) is 30.4. The van der Waals surface area contributed by atoms with E-state index in [1.54, 1.807) is 28.0 Å². The number of nitrogens with zero attached hydrogens (tertiary/aromatic N) is 2. The van der Waals surface area contributed by atoms with Gasteiger partial charge in [-0.15, -0.1) is 0 Å². The second kappa shape index (κ2) is 16.8. The summed E-state index contributed by atoms with van der Waals surface area (Å²) in [5, 5.41) is 13.3. The van der Waals surface area contributed by atoms with Crippen LogP contribution in [0.3, 0.4) is 0 Å². The first-order chi connectivity index (χ1) is 25.5. The second-order valence-corrected chi connectivity index (χ2v) is 14.2. The SMILES string of the molecule is Cc1cc(Cl)c(OCCOc2ccc(C3=C(C(=O)N(Cc4ccccc4F)C4CC4)[C@H]4CN(C(=O)C[C@@H](CC(=O)O)OC=O)C[C@@H](C3)N4)cc2)cc1C. The molecule has 1 saturated carbocycles. The van der Waals surface area contributed by atoms with E-state index in [1.165, 1.54) is 6.07 Å². The van der Waals surface area contributed by atoms with Crippen molar-refractivity contribution in [2.45, 2.75) is 76.7 Å². The molecule has 3 aromatic rings. The summed E-state index contributed by atoms with van der Waals surface area (Å²) in [6.45, 7) is 5.26. The minimum atomic E-state index is -1.19. The smallest absolute Gasteiger partial charge is 0.307 e. The summed E-state index contributed by atoms with van der Waals surface area (Å²) in [5.41, 5.74) is 4.75. The number of piperazine rings is 1. The number of amides is 2. The highest BCUT2D eigenvalue weighted by atomic mass is 35.5. The molecule has 0 aromatic heterocycles. The molecular formula is C40H43ClFN3O8. The Hall–Kier alpha value is -4.94. The molecule has 2 fully saturated rings. The van der Waals surface area contributed by atoms with Gasteiger partial charge in [-0.25, -0.2) is 4.39 Å². The van der Waals surface area contributed by atoms with E-state index in [9.17, 15) is 28.7 Å². The summed E-state index contributed by atoms with van der Waals surface area (Å²) in [5.74, 6) is -0.964. The third-order valence-electron chi connectivity index (χ3n) is 9.95. The molecule has 280 valence electrons. The summed E-state index contributed by atoms with van der Waals surface area (Å²) in [6, 6.07) is 16.9. The van der Waals surface area contributed by atoms with Gasteiger partial charge in [0.1, 0.15) is 36.6 Å². The van der Waals surface area contributed by atoms with E-state index in [0.717, 1.165) is 35.1 Å². The van der Waals surface area contributed by atoms with Crippen LogP contribution in [0.2, 0.25) is 5.02 Å². The summed E-state index contributed by atoms with van der Waals surface area (Å²) in [4.78, 5) is 53.8. The number of carboxylic acid groups (broad SMARTS) is 1. The van der Waals surface area contributed by atoms with Crippen LogP contribution in [0, 0.1) is 19.7 Å². The predicted molar refractivity (Wildman–Crippen MR) is 195 cm³/mol. The van der Waals surface area contributed by atoms with Gasteiger partial charge in [0.05, 0.1) is 23.9 Å². The van der Waals surface area contributed by atoms with E-state index in [2.05, 4.69) is 5.32 Å². The Morgan fingerprint density at radius 1 is 1.02 bits per heavy atom. The number of aliphatic carboxylic acids is 1. The molecule has 53 heavy (non-hydrogen) atoms. The molecular weight excluding hydrogens is 705 g/mol. The standard InChI is InChI=1S/C40H43ClFN3O8/c1-24-15-33(41)36(16-25(24)2)52-14-13-51-30-11-7-26(8-12-30)32-17-28-21-44(37(47)18-31(53-23-46)19-38(48)49)22-35(43-28)39(32)40(50)45(29-9-10-29)20-27-5-3-4-6-34(27)42/h3-8,11-12,15-16,23,28-29,31,35,43H,9-10,13-14,17-22H2,1-2H3,(H,48,49)/t28-,31+,35-/m1/s1. The Balaban J connectivity index is 1.23. The van der Waals surface area contributed by atoms with Crippen LogP contribution in [0.5, 0.6) is 11.5 Å². The molecule has 13 heteroatoms. The summed E-state index contributed by atoms with van der Waals surface area (Å²) in [7, 11) is 0. The van der Waals surface area contributed by atoms with Gasteiger partial charge in [0.2, 0.25) is 5.91 Å². The van der Waals surface area contributed by atoms with Crippen molar-refractivity contribution in [3.8, 4) is 11.5 Å². The van der Waals surface area contributed by atoms with Gasteiger partial charge in [-0.1, -0.05) is 41.9 Å². The third kappa shape index (κ3) is 9.36. The van der Waals surface area contributed by atoms with Crippen LogP contribution in [-0.2, 0) is 30.5 Å². The second-order valence-electron chi connectivity index (χ2n) is 13.8. The largest absolute Gasteiger partial charge is 0.490 e. The number of carboxylic acids is 1. The van der Waals surface area contributed by atoms with Gasteiger partial charge in [-0.05, 0) is 85.7 Å². The van der Waals surface area contributed by atoms with E-state index < -0.39 is 24.5 Å². The maximum Gasteiger partial charge on any atom is 0.307 e. The van der Waals surface area contributed by atoms with Crippen molar-refractivity contribution in [3.63, 3.8) is 0 Å². The van der Waals surface area contributed by atoms with Gasteiger partial charge in [-0.2, -0.15) is 0 Å². The van der Waals surface area contributed by atoms with E-state index in [-0.39, 0.29) is 68.9 Å². The molecule has 3 aliphatic rings. The number of nitrogens with one attached hydrogen (secondary N) is 1. The van der Waals surface area contributed by atoms with Crippen molar-refractivity contribution >= 4 is 41.4 Å². The van der Waals surface area contributed by atoms with E-state index in [4.69, 9.17) is 25.8 Å². The molecule has 0 spiro atoms. The van der Waals surface area contributed by atoms with E-state index in [0.29, 0.717) is 40.6 Å². The Kier molecular flexibility index (Phi) is 12.0. The average Bonchev–Trinajstić information content (AvgIpc) is 3.97. The zero-order chi connectivity index (χ0) is 37.6. The molecule has 2 aliphatic heterocycles. The van der Waals surface area contributed by atoms with Crippen molar-refractivity contribution in [2.24, 2.45) is 0 Å². The normalized spacial score (nSPS) is 18.6.